The van der Waals surface area contributed by atoms with Crippen molar-refractivity contribution in [2.45, 2.75) is 0 Å². The number of furan rings is 1. The Kier molecular flexibility index (Phi) is 8.45. The quantitative estimate of drug-likeness (QED) is 0.155. The molecule has 11 rings (SSSR count). The second kappa shape index (κ2) is 14.5. The first kappa shape index (κ1) is 34.3. The Bertz CT molecular complexity index is 3220. The third-order valence-electron chi connectivity index (χ3n) is 11.1. The summed E-state index contributed by atoms with van der Waals surface area (Å²) >= 11 is 0. The molecule has 0 aliphatic heterocycles. The summed E-state index contributed by atoms with van der Waals surface area (Å²) in [6.07, 6.45) is 0. The number of aromatic nitrogens is 1. The van der Waals surface area contributed by atoms with E-state index < -0.39 is 0 Å². The van der Waals surface area contributed by atoms with E-state index in [0.29, 0.717) is 5.89 Å². The van der Waals surface area contributed by atoms with E-state index in [1.807, 2.05) is 42.5 Å². The molecule has 0 saturated carbocycles. The fraction of sp³-hybridized carbons (Fsp3) is 0. The number of rotatable bonds is 8. The number of anilines is 3. The molecule has 11 aromatic rings. The molecular formula is C55H36N2O2. The Morgan fingerprint density at radius 2 is 0.831 bits per heavy atom. The van der Waals surface area contributed by atoms with Crippen LogP contribution in [0.4, 0.5) is 17.1 Å². The summed E-state index contributed by atoms with van der Waals surface area (Å²) in [7, 11) is 0. The Morgan fingerprint density at radius 3 is 1.46 bits per heavy atom. The average molecular weight is 757 g/mol. The highest BCUT2D eigenvalue weighted by molar-refractivity contribution is 6.15. The number of nitrogens with zero attached hydrogens (tertiary/aromatic N) is 2. The zero-order valence-electron chi connectivity index (χ0n) is 32.0. The van der Waals surface area contributed by atoms with Crippen LogP contribution in [0.1, 0.15) is 0 Å². The van der Waals surface area contributed by atoms with Crippen LogP contribution >= 0.6 is 0 Å². The van der Waals surface area contributed by atoms with Crippen LogP contribution in [-0.2, 0) is 0 Å². The minimum absolute atomic E-state index is 0.597. The minimum atomic E-state index is 0.597. The van der Waals surface area contributed by atoms with E-state index in [9.17, 15) is 0 Å². The van der Waals surface area contributed by atoms with Gasteiger partial charge in [-0.3, -0.25) is 0 Å². The molecule has 0 atom stereocenters. The SMILES string of the molecule is c1ccc(-c2ccc(-c3ccc(N(c4ccc(-c5cccc6oc7cc8nc(-c9ccccc9)oc8cc7c56)cc4)c4cccc(-c5ccccc5)c4)cc3)cc2)cc1. The second-order valence-corrected chi connectivity index (χ2v) is 14.8. The van der Waals surface area contributed by atoms with Crippen molar-refractivity contribution in [3.05, 3.63) is 218 Å². The first-order valence-corrected chi connectivity index (χ1v) is 19.9. The molecule has 0 fully saturated rings. The monoisotopic (exact) mass is 756 g/mol. The summed E-state index contributed by atoms with van der Waals surface area (Å²) in [5, 5.41) is 2.05. The number of benzene rings is 9. The molecule has 0 spiro atoms. The van der Waals surface area contributed by atoms with Crippen LogP contribution in [0.2, 0.25) is 0 Å². The van der Waals surface area contributed by atoms with E-state index in [0.717, 1.165) is 72.4 Å². The van der Waals surface area contributed by atoms with E-state index >= 15 is 0 Å². The first-order valence-electron chi connectivity index (χ1n) is 19.9. The summed E-state index contributed by atoms with van der Waals surface area (Å²) in [6.45, 7) is 0. The topological polar surface area (TPSA) is 42.4 Å². The zero-order valence-corrected chi connectivity index (χ0v) is 32.0. The van der Waals surface area contributed by atoms with Gasteiger partial charge in [0.15, 0.2) is 5.58 Å². The van der Waals surface area contributed by atoms with Crippen molar-refractivity contribution in [2.75, 3.05) is 4.90 Å². The van der Waals surface area contributed by atoms with E-state index in [1.54, 1.807) is 0 Å². The van der Waals surface area contributed by atoms with Crippen LogP contribution in [0.3, 0.4) is 0 Å². The van der Waals surface area contributed by atoms with Gasteiger partial charge < -0.3 is 13.7 Å². The number of oxazole rings is 1. The number of hydrogen-bond donors (Lipinski definition) is 0. The molecule has 9 aromatic carbocycles. The smallest absolute Gasteiger partial charge is 0.227 e. The Labute approximate surface area is 341 Å². The van der Waals surface area contributed by atoms with Gasteiger partial charge in [-0.05, 0) is 105 Å². The third-order valence-corrected chi connectivity index (χ3v) is 11.1. The van der Waals surface area contributed by atoms with E-state index in [2.05, 4.69) is 181 Å². The summed E-state index contributed by atoms with van der Waals surface area (Å²) in [5.41, 5.74) is 16.6. The molecule has 59 heavy (non-hydrogen) atoms. The summed E-state index contributed by atoms with van der Waals surface area (Å²) in [6, 6.07) is 76.6. The lowest BCUT2D eigenvalue weighted by Crippen LogP contribution is -2.10. The van der Waals surface area contributed by atoms with Gasteiger partial charge in [0.25, 0.3) is 0 Å². The number of fused-ring (bicyclic) bond motifs is 4. The lowest BCUT2D eigenvalue weighted by Gasteiger charge is -2.26. The molecule has 0 unspecified atom stereocenters. The van der Waals surface area contributed by atoms with Crippen LogP contribution < -0.4 is 4.90 Å². The van der Waals surface area contributed by atoms with Crippen molar-refractivity contribution in [3.63, 3.8) is 0 Å². The molecule has 2 aromatic heterocycles. The van der Waals surface area contributed by atoms with Gasteiger partial charge in [-0.15, -0.1) is 0 Å². The van der Waals surface area contributed by atoms with Gasteiger partial charge in [0.2, 0.25) is 5.89 Å². The van der Waals surface area contributed by atoms with Crippen LogP contribution in [0, 0.1) is 0 Å². The van der Waals surface area contributed by atoms with E-state index in [4.69, 9.17) is 13.8 Å². The van der Waals surface area contributed by atoms with Gasteiger partial charge in [0.05, 0.1) is 0 Å². The summed E-state index contributed by atoms with van der Waals surface area (Å²) < 4.78 is 12.7. The maximum Gasteiger partial charge on any atom is 0.227 e. The third kappa shape index (κ3) is 6.43. The van der Waals surface area contributed by atoms with E-state index in [1.165, 1.54) is 27.8 Å². The molecule has 0 saturated heterocycles. The minimum Gasteiger partial charge on any atom is -0.456 e. The predicted octanol–water partition coefficient (Wildman–Crippen LogP) is 15.5. The molecule has 0 bridgehead atoms. The van der Waals surface area contributed by atoms with Crippen molar-refractivity contribution in [1.29, 1.82) is 0 Å². The molecule has 0 radical (unpaired) electrons. The largest absolute Gasteiger partial charge is 0.456 e. The molecule has 0 N–H and O–H groups in total. The van der Waals surface area contributed by atoms with Gasteiger partial charge in [0, 0.05) is 39.5 Å². The lowest BCUT2D eigenvalue weighted by atomic mass is 9.98. The second-order valence-electron chi connectivity index (χ2n) is 14.8. The van der Waals surface area contributed by atoms with Crippen LogP contribution in [0.5, 0.6) is 0 Å². The van der Waals surface area contributed by atoms with Crippen LogP contribution in [0.25, 0.3) is 89.0 Å². The highest BCUT2D eigenvalue weighted by Gasteiger charge is 2.18. The maximum absolute atomic E-state index is 6.44. The zero-order chi connectivity index (χ0) is 39.1. The van der Waals surface area contributed by atoms with Crippen molar-refractivity contribution < 1.29 is 8.83 Å². The molecule has 2 heterocycles. The van der Waals surface area contributed by atoms with Gasteiger partial charge in [-0.1, -0.05) is 152 Å². The molecule has 278 valence electrons. The van der Waals surface area contributed by atoms with Crippen molar-refractivity contribution >= 4 is 50.1 Å². The molecule has 4 nitrogen and oxygen atoms in total. The fourth-order valence-electron chi connectivity index (χ4n) is 8.17. The van der Waals surface area contributed by atoms with Crippen LogP contribution in [-0.4, -0.2) is 4.98 Å². The maximum atomic E-state index is 6.44. The molecule has 0 aliphatic rings. The average Bonchev–Trinajstić information content (AvgIpc) is 3.90. The Morgan fingerprint density at radius 1 is 0.322 bits per heavy atom. The molecule has 0 amide bonds. The Hall–Kier alpha value is -7.95. The fourth-order valence-corrected chi connectivity index (χ4v) is 8.17. The van der Waals surface area contributed by atoms with Crippen molar-refractivity contribution in [1.82, 2.24) is 4.98 Å². The van der Waals surface area contributed by atoms with Crippen LogP contribution in [0.15, 0.2) is 227 Å². The Balaban J connectivity index is 0.970. The summed E-state index contributed by atoms with van der Waals surface area (Å²) in [4.78, 5) is 7.12. The predicted molar refractivity (Wildman–Crippen MR) is 243 cm³/mol. The highest BCUT2D eigenvalue weighted by atomic mass is 16.4. The normalized spacial score (nSPS) is 11.4. The van der Waals surface area contributed by atoms with Gasteiger partial charge in [-0.25, -0.2) is 4.98 Å². The first-order chi connectivity index (χ1) is 29.2. The lowest BCUT2D eigenvalue weighted by molar-refractivity contribution is 0.620. The van der Waals surface area contributed by atoms with Gasteiger partial charge >= 0.3 is 0 Å². The summed E-state index contributed by atoms with van der Waals surface area (Å²) in [5.74, 6) is 0.597. The van der Waals surface area contributed by atoms with Gasteiger partial charge in [-0.2, -0.15) is 0 Å². The highest BCUT2D eigenvalue weighted by Crippen LogP contribution is 2.42. The van der Waals surface area contributed by atoms with E-state index in [-0.39, 0.29) is 0 Å². The standard InChI is InChI=1S/C55H36N2O2/c1-4-12-37(13-5-1)39-22-24-40(25-23-39)41-26-30-45(31-27-41)57(47-19-10-18-44(34-47)38-14-6-2-7-15-38)46-32-28-42(29-33-46)48-20-11-21-51-54(48)49-35-53-50(36-52(49)58-51)56-55(59-53)43-16-8-3-9-17-43/h1-36H. The van der Waals surface area contributed by atoms with Gasteiger partial charge in [0.1, 0.15) is 16.7 Å². The van der Waals surface area contributed by atoms with Crippen molar-refractivity contribution in [3.8, 4) is 56.0 Å². The van der Waals surface area contributed by atoms with Crippen molar-refractivity contribution in [2.24, 2.45) is 0 Å². The molecular weight excluding hydrogens is 721 g/mol. The number of hydrogen-bond acceptors (Lipinski definition) is 4. The molecule has 4 heteroatoms. The molecule has 0 aliphatic carbocycles.